The van der Waals surface area contributed by atoms with E-state index >= 15 is 0 Å². The average Bonchev–Trinajstić information content (AvgIpc) is 2.34. The lowest BCUT2D eigenvalue weighted by atomic mass is 9.79. The Kier molecular flexibility index (Phi) is 7.58. The predicted octanol–water partition coefficient (Wildman–Crippen LogP) is 6.17. The predicted molar refractivity (Wildman–Crippen MR) is 91.3 cm³/mol. The summed E-state index contributed by atoms with van der Waals surface area (Å²) in [6, 6.07) is 0. The van der Waals surface area contributed by atoms with Crippen LogP contribution in [-0.4, -0.2) is 22.5 Å². The van der Waals surface area contributed by atoms with Gasteiger partial charge < -0.3 is 0 Å². The molecule has 0 saturated carbocycles. The Morgan fingerprint density at radius 2 is 1.15 bits per heavy atom. The zero-order chi connectivity index (χ0) is 15.1. The Balaban J connectivity index is 2.19. The van der Waals surface area contributed by atoms with Crippen molar-refractivity contribution < 1.29 is 0 Å². The summed E-state index contributed by atoms with van der Waals surface area (Å²) in [5.41, 5.74) is 0.811. The van der Waals surface area contributed by atoms with Crippen molar-refractivity contribution in [2.45, 2.75) is 116 Å². The van der Waals surface area contributed by atoms with E-state index < -0.39 is 0 Å². The lowest BCUT2D eigenvalue weighted by molar-refractivity contribution is -0.0276. The fourth-order valence-electron chi connectivity index (χ4n) is 4.05. The molecule has 1 rings (SSSR count). The molecule has 0 aliphatic carbocycles. The van der Waals surface area contributed by atoms with Crippen LogP contribution in [0.15, 0.2) is 0 Å². The molecule has 20 heavy (non-hydrogen) atoms. The van der Waals surface area contributed by atoms with Crippen LogP contribution in [-0.2, 0) is 0 Å². The molecular formula is C19H39N. The fraction of sp³-hybridized carbons (Fsp3) is 1.00. The average molecular weight is 282 g/mol. The van der Waals surface area contributed by atoms with Crippen LogP contribution in [0.25, 0.3) is 0 Å². The van der Waals surface area contributed by atoms with Gasteiger partial charge in [-0.1, -0.05) is 51.9 Å². The molecule has 0 N–H and O–H groups in total. The monoisotopic (exact) mass is 281 g/mol. The Bertz CT molecular complexity index is 238. The minimum absolute atomic E-state index is 0.406. The molecule has 0 unspecified atom stereocenters. The van der Waals surface area contributed by atoms with Gasteiger partial charge in [0.2, 0.25) is 0 Å². The Morgan fingerprint density at radius 1 is 0.700 bits per heavy atom. The van der Waals surface area contributed by atoms with Crippen molar-refractivity contribution in [3.05, 3.63) is 0 Å². The second-order valence-corrected chi connectivity index (χ2v) is 8.10. The fourth-order valence-corrected chi connectivity index (χ4v) is 4.05. The highest BCUT2D eigenvalue weighted by molar-refractivity contribution is 4.96. The van der Waals surface area contributed by atoms with E-state index in [9.17, 15) is 0 Å². The Labute approximate surface area is 128 Å². The maximum atomic E-state index is 2.79. The number of unbranched alkanes of at least 4 members (excludes halogenated alkanes) is 7. The van der Waals surface area contributed by atoms with Gasteiger partial charge in [-0.05, 0) is 59.9 Å². The molecule has 0 aromatic heterocycles. The largest absolute Gasteiger partial charge is 0.293 e. The van der Waals surface area contributed by atoms with E-state index in [2.05, 4.69) is 39.5 Å². The summed E-state index contributed by atoms with van der Waals surface area (Å²) in [5.74, 6) is 0. The van der Waals surface area contributed by atoms with Gasteiger partial charge in [-0.2, -0.15) is 0 Å². The number of likely N-dealkylation sites (tertiary alicyclic amines) is 1. The van der Waals surface area contributed by atoms with Crippen LogP contribution in [0, 0.1) is 0 Å². The molecule has 0 spiro atoms. The molecule has 1 nitrogen and oxygen atoms in total. The Morgan fingerprint density at radius 3 is 1.65 bits per heavy atom. The van der Waals surface area contributed by atoms with Crippen molar-refractivity contribution in [1.29, 1.82) is 0 Å². The third-order valence-electron chi connectivity index (χ3n) is 5.27. The third kappa shape index (κ3) is 5.76. The summed E-state index contributed by atoms with van der Waals surface area (Å²) in [6.07, 6.45) is 15.5. The van der Waals surface area contributed by atoms with Crippen molar-refractivity contribution in [2.75, 3.05) is 6.54 Å². The molecule has 0 aromatic rings. The highest BCUT2D eigenvalue weighted by atomic mass is 15.3. The maximum absolute atomic E-state index is 2.79. The molecule has 0 aromatic carbocycles. The van der Waals surface area contributed by atoms with Crippen molar-refractivity contribution >= 4 is 0 Å². The van der Waals surface area contributed by atoms with Gasteiger partial charge in [-0.3, -0.25) is 4.90 Å². The molecular weight excluding hydrogens is 242 g/mol. The molecule has 120 valence electrons. The quantitative estimate of drug-likeness (QED) is 0.457. The SMILES string of the molecule is CCCCCCCCCCN1C(C)(C)CCCC1(C)C. The summed E-state index contributed by atoms with van der Waals surface area (Å²) in [5, 5.41) is 0. The lowest BCUT2D eigenvalue weighted by Gasteiger charge is -2.53. The molecule has 1 fully saturated rings. The third-order valence-corrected chi connectivity index (χ3v) is 5.27. The van der Waals surface area contributed by atoms with E-state index in [1.807, 2.05) is 0 Å². The van der Waals surface area contributed by atoms with Crippen LogP contribution in [0.5, 0.6) is 0 Å². The van der Waals surface area contributed by atoms with Gasteiger partial charge in [0.25, 0.3) is 0 Å². The van der Waals surface area contributed by atoms with E-state index in [1.165, 1.54) is 77.2 Å². The molecule has 1 saturated heterocycles. The van der Waals surface area contributed by atoms with Crippen LogP contribution >= 0.6 is 0 Å². The second kappa shape index (κ2) is 8.41. The summed E-state index contributed by atoms with van der Waals surface area (Å²) < 4.78 is 0. The highest BCUT2D eigenvalue weighted by Gasteiger charge is 2.40. The lowest BCUT2D eigenvalue weighted by Crippen LogP contribution is -2.58. The van der Waals surface area contributed by atoms with Crippen LogP contribution < -0.4 is 0 Å². The van der Waals surface area contributed by atoms with Gasteiger partial charge in [0.05, 0.1) is 0 Å². The van der Waals surface area contributed by atoms with Crippen molar-refractivity contribution in [3.8, 4) is 0 Å². The summed E-state index contributed by atoms with van der Waals surface area (Å²) in [7, 11) is 0. The molecule has 0 radical (unpaired) electrons. The smallest absolute Gasteiger partial charge is 0.0158 e. The number of rotatable bonds is 9. The number of hydrogen-bond acceptors (Lipinski definition) is 1. The minimum atomic E-state index is 0.406. The standard InChI is InChI=1S/C19H39N/c1-6-7-8-9-10-11-12-13-17-20-18(2,3)15-14-16-19(20,4)5/h6-17H2,1-5H3. The second-order valence-electron chi connectivity index (χ2n) is 8.10. The van der Waals surface area contributed by atoms with Crippen LogP contribution in [0.2, 0.25) is 0 Å². The number of piperidine rings is 1. The summed E-state index contributed by atoms with van der Waals surface area (Å²) in [4.78, 5) is 2.79. The topological polar surface area (TPSA) is 3.24 Å². The van der Waals surface area contributed by atoms with E-state index in [-0.39, 0.29) is 0 Å². The van der Waals surface area contributed by atoms with E-state index in [0.29, 0.717) is 11.1 Å². The van der Waals surface area contributed by atoms with Gasteiger partial charge in [0, 0.05) is 11.1 Å². The van der Waals surface area contributed by atoms with Gasteiger partial charge >= 0.3 is 0 Å². The van der Waals surface area contributed by atoms with E-state index in [4.69, 9.17) is 0 Å². The molecule has 1 heterocycles. The first-order valence-electron chi connectivity index (χ1n) is 9.18. The number of hydrogen-bond donors (Lipinski definition) is 0. The first-order chi connectivity index (χ1) is 9.40. The first kappa shape index (κ1) is 18.0. The van der Waals surface area contributed by atoms with Crippen LogP contribution in [0.1, 0.15) is 105 Å². The molecule has 0 atom stereocenters. The van der Waals surface area contributed by atoms with E-state index in [1.54, 1.807) is 0 Å². The van der Waals surface area contributed by atoms with Crippen molar-refractivity contribution in [2.24, 2.45) is 0 Å². The molecule has 0 amide bonds. The summed E-state index contributed by atoms with van der Waals surface area (Å²) in [6.45, 7) is 13.4. The highest BCUT2D eigenvalue weighted by Crippen LogP contribution is 2.38. The van der Waals surface area contributed by atoms with E-state index in [0.717, 1.165) is 0 Å². The zero-order valence-electron chi connectivity index (χ0n) is 14.9. The zero-order valence-corrected chi connectivity index (χ0v) is 14.9. The molecule has 1 aliphatic rings. The molecule has 0 bridgehead atoms. The number of nitrogens with zero attached hydrogens (tertiary/aromatic N) is 1. The normalized spacial score (nSPS) is 22.1. The van der Waals surface area contributed by atoms with Crippen LogP contribution in [0.4, 0.5) is 0 Å². The van der Waals surface area contributed by atoms with Crippen LogP contribution in [0.3, 0.4) is 0 Å². The molecule has 1 heteroatoms. The molecule has 1 aliphatic heterocycles. The van der Waals surface area contributed by atoms with Gasteiger partial charge in [-0.15, -0.1) is 0 Å². The Hall–Kier alpha value is -0.0400. The van der Waals surface area contributed by atoms with Gasteiger partial charge in [0.15, 0.2) is 0 Å². The summed E-state index contributed by atoms with van der Waals surface area (Å²) >= 11 is 0. The minimum Gasteiger partial charge on any atom is -0.293 e. The van der Waals surface area contributed by atoms with Gasteiger partial charge in [-0.25, -0.2) is 0 Å². The van der Waals surface area contributed by atoms with Crippen molar-refractivity contribution in [3.63, 3.8) is 0 Å². The van der Waals surface area contributed by atoms with Gasteiger partial charge in [0.1, 0.15) is 0 Å². The maximum Gasteiger partial charge on any atom is 0.0158 e. The van der Waals surface area contributed by atoms with Crippen molar-refractivity contribution in [1.82, 2.24) is 4.90 Å². The first-order valence-corrected chi connectivity index (χ1v) is 9.18.